The zero-order valence-electron chi connectivity index (χ0n) is 11.5. The molecule has 0 aliphatic carbocycles. The van der Waals surface area contributed by atoms with Crippen molar-refractivity contribution in [3.05, 3.63) is 35.9 Å². The van der Waals surface area contributed by atoms with Gasteiger partial charge in [0.1, 0.15) is 6.54 Å². The van der Waals surface area contributed by atoms with Crippen LogP contribution in [-0.4, -0.2) is 23.4 Å². The first-order valence-electron chi connectivity index (χ1n) is 6.48. The number of benzene rings is 1. The molecule has 4 heteroatoms. The van der Waals surface area contributed by atoms with Gasteiger partial charge in [-0.2, -0.15) is 5.26 Å². The molecule has 1 rings (SSSR count). The van der Waals surface area contributed by atoms with E-state index in [0.717, 1.165) is 5.56 Å². The van der Waals surface area contributed by atoms with Crippen LogP contribution in [0.5, 0.6) is 0 Å². The predicted molar refractivity (Wildman–Crippen MR) is 74.9 cm³/mol. The molecule has 1 aromatic rings. The normalized spacial score (nSPS) is 11.9. The summed E-state index contributed by atoms with van der Waals surface area (Å²) in [4.78, 5) is 13.7. The molecule has 0 bridgehead atoms. The Bertz CT molecular complexity index is 436. The average molecular weight is 259 g/mol. The van der Waals surface area contributed by atoms with Crippen LogP contribution >= 0.6 is 0 Å². The largest absolute Gasteiger partial charge is 0.327 e. The molecule has 1 amide bonds. The van der Waals surface area contributed by atoms with E-state index in [1.807, 2.05) is 50.2 Å². The van der Waals surface area contributed by atoms with Crippen molar-refractivity contribution in [3.8, 4) is 6.07 Å². The van der Waals surface area contributed by atoms with Gasteiger partial charge >= 0.3 is 0 Å². The molecule has 0 radical (unpaired) electrons. The first kappa shape index (κ1) is 15.2. The van der Waals surface area contributed by atoms with Gasteiger partial charge in [-0.15, -0.1) is 0 Å². The number of rotatable bonds is 6. The summed E-state index contributed by atoms with van der Waals surface area (Å²) in [5, 5.41) is 8.83. The number of nitrogens with two attached hydrogens (primary N) is 1. The molecule has 0 aliphatic rings. The van der Waals surface area contributed by atoms with E-state index >= 15 is 0 Å². The maximum absolute atomic E-state index is 12.1. The smallest absolute Gasteiger partial charge is 0.225 e. The molecule has 1 unspecified atom stereocenters. The number of hydrogen-bond acceptors (Lipinski definition) is 3. The summed E-state index contributed by atoms with van der Waals surface area (Å²) >= 11 is 0. The summed E-state index contributed by atoms with van der Waals surface area (Å²) < 4.78 is 0. The second-order valence-electron chi connectivity index (χ2n) is 5.01. The lowest BCUT2D eigenvalue weighted by atomic mass is 10.0. The van der Waals surface area contributed by atoms with Crippen LogP contribution in [0.15, 0.2) is 30.3 Å². The molecule has 1 aromatic carbocycles. The molecule has 102 valence electrons. The number of carbonyl (C=O) groups is 1. The minimum Gasteiger partial charge on any atom is -0.327 e. The van der Waals surface area contributed by atoms with E-state index in [4.69, 9.17) is 11.0 Å². The van der Waals surface area contributed by atoms with Crippen LogP contribution in [0.25, 0.3) is 0 Å². The van der Waals surface area contributed by atoms with Gasteiger partial charge in [-0.05, 0) is 11.5 Å². The molecule has 0 fully saturated rings. The highest BCUT2D eigenvalue weighted by Crippen LogP contribution is 2.09. The fourth-order valence-corrected chi connectivity index (χ4v) is 1.69. The molecule has 0 aliphatic heterocycles. The van der Waals surface area contributed by atoms with Crippen LogP contribution in [-0.2, 0) is 11.3 Å². The molecule has 0 spiro atoms. The molecule has 4 nitrogen and oxygen atoms in total. The Morgan fingerprint density at radius 1 is 1.37 bits per heavy atom. The Labute approximate surface area is 114 Å². The van der Waals surface area contributed by atoms with Crippen LogP contribution in [0.1, 0.15) is 25.8 Å². The van der Waals surface area contributed by atoms with E-state index in [0.29, 0.717) is 6.54 Å². The Balaban J connectivity index is 2.67. The van der Waals surface area contributed by atoms with Crippen molar-refractivity contribution in [3.63, 3.8) is 0 Å². The summed E-state index contributed by atoms with van der Waals surface area (Å²) in [7, 11) is 0. The zero-order chi connectivity index (χ0) is 14.3. The van der Waals surface area contributed by atoms with Crippen LogP contribution in [0.3, 0.4) is 0 Å². The Morgan fingerprint density at radius 3 is 2.53 bits per heavy atom. The van der Waals surface area contributed by atoms with Gasteiger partial charge in [0.15, 0.2) is 0 Å². The van der Waals surface area contributed by atoms with E-state index in [9.17, 15) is 4.79 Å². The second-order valence-corrected chi connectivity index (χ2v) is 5.01. The molecule has 0 saturated carbocycles. The lowest BCUT2D eigenvalue weighted by Crippen LogP contribution is -2.37. The standard InChI is InChI=1S/C15H21N3O/c1-12(2)14(17)10-15(19)18(9-8-16)11-13-6-4-3-5-7-13/h3-7,12,14H,9-11,17H2,1-2H3. The fourth-order valence-electron chi connectivity index (χ4n) is 1.69. The van der Waals surface area contributed by atoms with Gasteiger partial charge in [-0.25, -0.2) is 0 Å². The van der Waals surface area contributed by atoms with Gasteiger partial charge in [0, 0.05) is 19.0 Å². The van der Waals surface area contributed by atoms with Crippen molar-refractivity contribution in [2.24, 2.45) is 11.7 Å². The van der Waals surface area contributed by atoms with Gasteiger partial charge in [-0.1, -0.05) is 44.2 Å². The van der Waals surface area contributed by atoms with Crippen molar-refractivity contribution in [2.75, 3.05) is 6.54 Å². The summed E-state index contributed by atoms with van der Waals surface area (Å²) in [6.45, 7) is 4.53. The summed E-state index contributed by atoms with van der Waals surface area (Å²) in [6.07, 6.45) is 0.284. The summed E-state index contributed by atoms with van der Waals surface area (Å²) in [5.41, 5.74) is 6.93. The van der Waals surface area contributed by atoms with E-state index in [2.05, 4.69) is 0 Å². The molecule has 2 N–H and O–H groups in total. The van der Waals surface area contributed by atoms with Crippen molar-refractivity contribution in [2.45, 2.75) is 32.9 Å². The molecule has 19 heavy (non-hydrogen) atoms. The minimum atomic E-state index is -0.163. The number of hydrogen-bond donors (Lipinski definition) is 1. The Hall–Kier alpha value is -1.86. The SMILES string of the molecule is CC(C)C(N)CC(=O)N(CC#N)Cc1ccccc1. The number of carbonyl (C=O) groups excluding carboxylic acids is 1. The van der Waals surface area contributed by atoms with Crippen LogP contribution in [0, 0.1) is 17.2 Å². The predicted octanol–water partition coefficient (Wildman–Crippen LogP) is 1.91. The van der Waals surface area contributed by atoms with E-state index in [1.165, 1.54) is 0 Å². The third-order valence-corrected chi connectivity index (χ3v) is 3.10. The first-order valence-corrected chi connectivity index (χ1v) is 6.48. The fraction of sp³-hybridized carbons (Fsp3) is 0.467. The number of nitriles is 1. The highest BCUT2D eigenvalue weighted by molar-refractivity contribution is 5.77. The first-order chi connectivity index (χ1) is 9.04. The molecule has 0 saturated heterocycles. The van der Waals surface area contributed by atoms with E-state index in [1.54, 1.807) is 4.90 Å². The Kier molecular flexibility index (Phi) is 6.04. The molecular formula is C15H21N3O. The van der Waals surface area contributed by atoms with Gasteiger partial charge in [-0.3, -0.25) is 4.79 Å². The maximum Gasteiger partial charge on any atom is 0.225 e. The van der Waals surface area contributed by atoms with Crippen molar-refractivity contribution in [1.29, 1.82) is 5.26 Å². The topological polar surface area (TPSA) is 70.1 Å². The average Bonchev–Trinajstić information content (AvgIpc) is 2.39. The number of amides is 1. The van der Waals surface area contributed by atoms with Crippen molar-refractivity contribution >= 4 is 5.91 Å². The summed E-state index contributed by atoms with van der Waals surface area (Å²) in [5.74, 6) is 0.191. The molecular weight excluding hydrogens is 238 g/mol. The van der Waals surface area contributed by atoms with Crippen LogP contribution in [0.4, 0.5) is 0 Å². The lowest BCUT2D eigenvalue weighted by Gasteiger charge is -2.23. The highest BCUT2D eigenvalue weighted by Gasteiger charge is 2.18. The van der Waals surface area contributed by atoms with Crippen LogP contribution < -0.4 is 5.73 Å². The van der Waals surface area contributed by atoms with Crippen molar-refractivity contribution < 1.29 is 4.79 Å². The van der Waals surface area contributed by atoms with Gasteiger partial charge in [0.25, 0.3) is 0 Å². The maximum atomic E-state index is 12.1. The van der Waals surface area contributed by atoms with Crippen LogP contribution in [0.2, 0.25) is 0 Å². The van der Waals surface area contributed by atoms with Gasteiger partial charge in [0.05, 0.1) is 6.07 Å². The quantitative estimate of drug-likeness (QED) is 0.793. The second kappa shape index (κ2) is 7.55. The molecule has 0 heterocycles. The number of nitrogens with zero attached hydrogens (tertiary/aromatic N) is 2. The monoisotopic (exact) mass is 259 g/mol. The minimum absolute atomic E-state index is 0.0633. The molecule has 1 atom stereocenters. The lowest BCUT2D eigenvalue weighted by molar-refractivity contribution is -0.131. The zero-order valence-corrected chi connectivity index (χ0v) is 11.5. The van der Waals surface area contributed by atoms with Gasteiger partial charge in [0.2, 0.25) is 5.91 Å². The van der Waals surface area contributed by atoms with E-state index in [-0.39, 0.29) is 30.8 Å². The molecule has 0 aromatic heterocycles. The third-order valence-electron chi connectivity index (χ3n) is 3.10. The van der Waals surface area contributed by atoms with Gasteiger partial charge < -0.3 is 10.6 Å². The summed E-state index contributed by atoms with van der Waals surface area (Å²) in [6, 6.07) is 11.5. The van der Waals surface area contributed by atoms with E-state index < -0.39 is 0 Å². The Morgan fingerprint density at radius 2 is 2.00 bits per heavy atom. The van der Waals surface area contributed by atoms with Crippen molar-refractivity contribution in [1.82, 2.24) is 4.90 Å². The highest BCUT2D eigenvalue weighted by atomic mass is 16.2. The third kappa shape index (κ3) is 5.11.